The minimum absolute atomic E-state index is 0.809. The Balaban J connectivity index is 1.96. The quantitative estimate of drug-likeness (QED) is 0.901. The second-order valence-electron chi connectivity index (χ2n) is 5.55. The summed E-state index contributed by atoms with van der Waals surface area (Å²) in [7, 11) is 2.18. The van der Waals surface area contributed by atoms with Gasteiger partial charge in [0.25, 0.3) is 0 Å². The number of hydrogen-bond acceptors (Lipinski definition) is 3. The normalized spacial score (nSPS) is 17.3. The van der Waals surface area contributed by atoms with Gasteiger partial charge in [-0.25, -0.2) is 0 Å². The summed E-state index contributed by atoms with van der Waals surface area (Å²) in [6.07, 6.45) is 2.56. The summed E-state index contributed by atoms with van der Waals surface area (Å²) in [5.41, 5.74) is 2.09. The van der Waals surface area contributed by atoms with Gasteiger partial charge in [-0.3, -0.25) is 4.68 Å². The van der Waals surface area contributed by atoms with Gasteiger partial charge in [0.2, 0.25) is 0 Å². The lowest BCUT2D eigenvalue weighted by Gasteiger charge is -2.27. The predicted molar refractivity (Wildman–Crippen MR) is 79.6 cm³/mol. The number of halogens is 1. The van der Waals surface area contributed by atoms with E-state index in [0.29, 0.717) is 0 Å². The number of aromatic nitrogens is 2. The average molecular weight is 285 g/mol. The molecule has 1 fully saturated rings. The van der Waals surface area contributed by atoms with Crippen LogP contribution in [0.1, 0.15) is 31.2 Å². The number of nitrogens with one attached hydrogen (secondary N) is 1. The fourth-order valence-electron chi connectivity index (χ4n) is 2.85. The van der Waals surface area contributed by atoms with Crippen molar-refractivity contribution in [1.29, 1.82) is 0 Å². The molecular weight excluding hydrogens is 260 g/mol. The monoisotopic (exact) mass is 284 g/mol. The highest BCUT2D eigenvalue weighted by molar-refractivity contribution is 6.31. The third-order valence-electron chi connectivity index (χ3n) is 3.90. The first-order chi connectivity index (χ1) is 9.11. The first-order valence-electron chi connectivity index (χ1n) is 7.22. The average Bonchev–Trinajstić information content (AvgIpc) is 2.67. The van der Waals surface area contributed by atoms with Crippen molar-refractivity contribution in [3.63, 3.8) is 0 Å². The van der Waals surface area contributed by atoms with Crippen LogP contribution in [0.3, 0.4) is 0 Å². The van der Waals surface area contributed by atoms with Crippen molar-refractivity contribution in [2.75, 3.05) is 26.7 Å². The lowest BCUT2D eigenvalue weighted by atomic mass is 9.98. The maximum Gasteiger partial charge on any atom is 0.0860 e. The molecule has 0 radical (unpaired) electrons. The number of aryl methyl sites for hydroxylation is 2. The molecule has 4 nitrogen and oxygen atoms in total. The van der Waals surface area contributed by atoms with Crippen LogP contribution >= 0.6 is 11.6 Å². The Hall–Kier alpha value is -0.580. The molecule has 1 aromatic heterocycles. The molecule has 1 aromatic rings. The van der Waals surface area contributed by atoms with E-state index in [4.69, 9.17) is 11.6 Å². The zero-order valence-electron chi connectivity index (χ0n) is 12.2. The van der Waals surface area contributed by atoms with Crippen LogP contribution in [0.2, 0.25) is 5.02 Å². The molecule has 1 aliphatic heterocycles. The van der Waals surface area contributed by atoms with Crippen molar-refractivity contribution < 1.29 is 0 Å². The molecule has 1 saturated heterocycles. The second-order valence-corrected chi connectivity index (χ2v) is 5.93. The predicted octanol–water partition coefficient (Wildman–Crippen LogP) is 2.30. The highest BCUT2D eigenvalue weighted by Crippen LogP contribution is 2.22. The van der Waals surface area contributed by atoms with Gasteiger partial charge in [-0.05, 0) is 52.7 Å². The Labute approximate surface area is 121 Å². The van der Waals surface area contributed by atoms with Crippen LogP contribution in [0, 0.1) is 12.8 Å². The molecule has 0 saturated carbocycles. The van der Waals surface area contributed by atoms with Crippen LogP contribution in [0.4, 0.5) is 0 Å². The van der Waals surface area contributed by atoms with Crippen LogP contribution in [0.5, 0.6) is 0 Å². The third-order valence-corrected chi connectivity index (χ3v) is 4.39. The molecule has 0 unspecified atom stereocenters. The van der Waals surface area contributed by atoms with Gasteiger partial charge in [0.05, 0.1) is 16.4 Å². The van der Waals surface area contributed by atoms with Crippen LogP contribution in [0.25, 0.3) is 0 Å². The van der Waals surface area contributed by atoms with Gasteiger partial charge in [-0.15, -0.1) is 0 Å². The summed E-state index contributed by atoms with van der Waals surface area (Å²) < 4.78 is 2.02. The highest BCUT2D eigenvalue weighted by atomic mass is 35.5. The number of rotatable bonds is 5. The van der Waals surface area contributed by atoms with Crippen LogP contribution in [0.15, 0.2) is 0 Å². The van der Waals surface area contributed by atoms with Crippen molar-refractivity contribution in [1.82, 2.24) is 20.0 Å². The van der Waals surface area contributed by atoms with Crippen molar-refractivity contribution in [2.45, 2.75) is 39.8 Å². The van der Waals surface area contributed by atoms with E-state index >= 15 is 0 Å². The molecule has 0 atom stereocenters. The Kier molecular flexibility index (Phi) is 5.25. The fraction of sp³-hybridized carbons (Fsp3) is 0.786. The van der Waals surface area contributed by atoms with Gasteiger partial charge < -0.3 is 10.2 Å². The SMILES string of the molecule is CCn1nc(C)c(Cl)c1CN(C)CC1CCNCC1. The number of nitrogens with zero attached hydrogens (tertiary/aromatic N) is 3. The van der Waals surface area contributed by atoms with E-state index in [9.17, 15) is 0 Å². The largest absolute Gasteiger partial charge is 0.317 e. The fourth-order valence-corrected chi connectivity index (χ4v) is 3.04. The van der Waals surface area contributed by atoms with E-state index in [1.807, 2.05) is 11.6 Å². The van der Waals surface area contributed by atoms with E-state index in [1.54, 1.807) is 0 Å². The van der Waals surface area contributed by atoms with Gasteiger partial charge in [0.1, 0.15) is 0 Å². The van der Waals surface area contributed by atoms with Crippen molar-refractivity contribution in [3.8, 4) is 0 Å². The zero-order valence-corrected chi connectivity index (χ0v) is 13.0. The third kappa shape index (κ3) is 3.71. The van der Waals surface area contributed by atoms with Crippen molar-refractivity contribution in [2.24, 2.45) is 5.92 Å². The first-order valence-corrected chi connectivity index (χ1v) is 7.60. The van der Waals surface area contributed by atoms with E-state index < -0.39 is 0 Å². The van der Waals surface area contributed by atoms with Gasteiger partial charge in [0.15, 0.2) is 0 Å². The van der Waals surface area contributed by atoms with E-state index in [0.717, 1.165) is 55.1 Å². The molecule has 0 amide bonds. The Morgan fingerprint density at radius 1 is 1.42 bits per heavy atom. The topological polar surface area (TPSA) is 33.1 Å². The van der Waals surface area contributed by atoms with E-state index in [2.05, 4.69) is 29.3 Å². The van der Waals surface area contributed by atoms with Crippen LogP contribution < -0.4 is 5.32 Å². The molecule has 0 aliphatic carbocycles. The van der Waals surface area contributed by atoms with Crippen LogP contribution in [-0.4, -0.2) is 41.4 Å². The minimum atomic E-state index is 0.809. The molecule has 1 aliphatic rings. The summed E-state index contributed by atoms with van der Waals surface area (Å²) in [4.78, 5) is 2.38. The summed E-state index contributed by atoms with van der Waals surface area (Å²) in [6.45, 7) is 9.31. The highest BCUT2D eigenvalue weighted by Gasteiger charge is 2.18. The first kappa shape index (κ1) is 14.8. The van der Waals surface area contributed by atoms with Gasteiger partial charge in [0, 0.05) is 19.6 Å². The lowest BCUT2D eigenvalue weighted by molar-refractivity contribution is 0.230. The van der Waals surface area contributed by atoms with Crippen molar-refractivity contribution in [3.05, 3.63) is 16.4 Å². The van der Waals surface area contributed by atoms with Gasteiger partial charge in [-0.2, -0.15) is 5.10 Å². The van der Waals surface area contributed by atoms with E-state index in [-0.39, 0.29) is 0 Å². The molecule has 5 heteroatoms. The smallest absolute Gasteiger partial charge is 0.0860 e. The Bertz CT molecular complexity index is 410. The molecule has 0 bridgehead atoms. The molecule has 0 aromatic carbocycles. The molecule has 108 valence electrons. The summed E-state index contributed by atoms with van der Waals surface area (Å²) in [5, 5.41) is 8.72. The Morgan fingerprint density at radius 3 is 2.74 bits per heavy atom. The summed E-state index contributed by atoms with van der Waals surface area (Å²) >= 11 is 6.36. The molecule has 0 spiro atoms. The van der Waals surface area contributed by atoms with Gasteiger partial charge >= 0.3 is 0 Å². The summed E-state index contributed by atoms with van der Waals surface area (Å²) in [5.74, 6) is 0.809. The molecule has 1 N–H and O–H groups in total. The number of hydrogen-bond donors (Lipinski definition) is 1. The summed E-state index contributed by atoms with van der Waals surface area (Å²) in [6, 6.07) is 0. The maximum atomic E-state index is 6.36. The molecule has 19 heavy (non-hydrogen) atoms. The lowest BCUT2D eigenvalue weighted by Crippen LogP contribution is -2.34. The molecule has 2 heterocycles. The maximum absolute atomic E-state index is 6.36. The second kappa shape index (κ2) is 6.73. The Morgan fingerprint density at radius 2 is 2.11 bits per heavy atom. The molecule has 2 rings (SSSR count). The van der Waals surface area contributed by atoms with E-state index in [1.165, 1.54) is 12.8 Å². The van der Waals surface area contributed by atoms with Crippen LogP contribution in [-0.2, 0) is 13.1 Å². The zero-order chi connectivity index (χ0) is 13.8. The number of piperidine rings is 1. The van der Waals surface area contributed by atoms with Crippen molar-refractivity contribution >= 4 is 11.6 Å². The van der Waals surface area contributed by atoms with Gasteiger partial charge in [-0.1, -0.05) is 11.6 Å². The molecular formula is C14H25ClN4. The minimum Gasteiger partial charge on any atom is -0.317 e. The standard InChI is InChI=1S/C14H25ClN4/c1-4-19-13(14(15)11(2)17-19)10-18(3)9-12-5-7-16-8-6-12/h12,16H,4-10H2,1-3H3.